The molecule has 0 radical (unpaired) electrons. The van der Waals surface area contributed by atoms with Crippen molar-refractivity contribution in [1.29, 1.82) is 0 Å². The van der Waals surface area contributed by atoms with E-state index in [0.717, 1.165) is 41.7 Å². The SMILES string of the molecule is C=C(/C(=C(\C)c1cc(=O)c(C(=O)O)cn1[C@@H](CC)C(C)(C)C)c1ccco1)C1CC1. The Hall–Kier alpha value is -2.82. The number of furan rings is 1. The van der Waals surface area contributed by atoms with Gasteiger partial charge in [0.05, 0.1) is 6.26 Å². The fraction of sp³-hybridized carbons (Fsp3) is 0.440. The normalized spacial score (nSPS) is 16.2. The van der Waals surface area contributed by atoms with Crippen LogP contribution in [0.3, 0.4) is 0 Å². The zero-order valence-corrected chi connectivity index (χ0v) is 18.5. The first-order chi connectivity index (χ1) is 14.1. The second kappa shape index (κ2) is 8.13. The van der Waals surface area contributed by atoms with Gasteiger partial charge in [-0.1, -0.05) is 34.3 Å². The highest BCUT2D eigenvalue weighted by Crippen LogP contribution is 2.45. The Balaban J connectivity index is 2.33. The van der Waals surface area contributed by atoms with Crippen molar-refractivity contribution in [3.63, 3.8) is 0 Å². The average molecular weight is 410 g/mol. The number of carboxylic acid groups (broad SMARTS) is 1. The summed E-state index contributed by atoms with van der Waals surface area (Å²) in [4.78, 5) is 24.3. The number of carbonyl (C=O) groups is 1. The largest absolute Gasteiger partial charge is 0.477 e. The predicted octanol–water partition coefficient (Wildman–Crippen LogP) is 6.03. The molecule has 0 amide bonds. The lowest BCUT2D eigenvalue weighted by Crippen LogP contribution is -2.29. The maximum absolute atomic E-state index is 12.7. The van der Waals surface area contributed by atoms with Crippen LogP contribution in [0.1, 0.15) is 81.7 Å². The third-order valence-electron chi connectivity index (χ3n) is 5.95. The standard InChI is InChI=1S/C25H31NO4/c1-7-22(25(4,5)6)26-14-18(24(28)29)20(27)13-19(26)16(3)23(15(2)17-10-11-17)21-9-8-12-30-21/h8-9,12-14,17,22H,2,7,10-11H2,1,3-6H3,(H,28,29)/b23-16-/t22-/m0/s1. The Kier molecular flexibility index (Phi) is 5.93. The fourth-order valence-corrected chi connectivity index (χ4v) is 4.26. The number of allylic oxidation sites excluding steroid dienone is 3. The smallest absolute Gasteiger partial charge is 0.341 e. The van der Waals surface area contributed by atoms with Crippen molar-refractivity contribution >= 4 is 17.1 Å². The molecule has 2 aromatic heterocycles. The van der Waals surface area contributed by atoms with Crippen molar-refractivity contribution < 1.29 is 14.3 Å². The number of aromatic nitrogens is 1. The van der Waals surface area contributed by atoms with E-state index in [1.54, 1.807) is 6.26 Å². The minimum Gasteiger partial charge on any atom is -0.477 e. The van der Waals surface area contributed by atoms with Crippen LogP contribution < -0.4 is 5.43 Å². The van der Waals surface area contributed by atoms with Gasteiger partial charge in [-0.15, -0.1) is 0 Å². The van der Waals surface area contributed by atoms with Crippen molar-refractivity contribution in [3.05, 3.63) is 70.1 Å². The van der Waals surface area contributed by atoms with E-state index < -0.39 is 11.4 Å². The van der Waals surface area contributed by atoms with E-state index in [1.165, 1.54) is 12.3 Å². The highest BCUT2D eigenvalue weighted by atomic mass is 16.4. The number of hydrogen-bond acceptors (Lipinski definition) is 3. The van der Waals surface area contributed by atoms with Crippen LogP contribution in [0.4, 0.5) is 0 Å². The molecular weight excluding hydrogens is 378 g/mol. The molecule has 0 spiro atoms. The van der Waals surface area contributed by atoms with Crippen LogP contribution in [0.2, 0.25) is 0 Å². The summed E-state index contributed by atoms with van der Waals surface area (Å²) in [6.45, 7) is 14.7. The lowest BCUT2D eigenvalue weighted by Gasteiger charge is -2.35. The van der Waals surface area contributed by atoms with Crippen LogP contribution in [-0.2, 0) is 0 Å². The van der Waals surface area contributed by atoms with E-state index in [0.29, 0.717) is 11.6 Å². The monoisotopic (exact) mass is 409 g/mol. The molecule has 0 saturated heterocycles. The number of rotatable bonds is 7. The molecule has 5 heteroatoms. The molecule has 3 rings (SSSR count). The summed E-state index contributed by atoms with van der Waals surface area (Å²) in [6.07, 6.45) is 6.13. The van der Waals surface area contributed by atoms with Crippen LogP contribution in [0.5, 0.6) is 0 Å². The summed E-state index contributed by atoms with van der Waals surface area (Å²) < 4.78 is 7.68. The minimum absolute atomic E-state index is 0.00758. The van der Waals surface area contributed by atoms with Gasteiger partial charge in [0.15, 0.2) is 5.43 Å². The van der Waals surface area contributed by atoms with E-state index in [-0.39, 0.29) is 17.0 Å². The van der Waals surface area contributed by atoms with Crippen molar-refractivity contribution in [1.82, 2.24) is 4.57 Å². The van der Waals surface area contributed by atoms with Gasteiger partial charge in [0, 0.05) is 29.6 Å². The Morgan fingerprint density at radius 2 is 2.03 bits per heavy atom. The molecule has 0 unspecified atom stereocenters. The average Bonchev–Trinajstić information content (AvgIpc) is 3.38. The van der Waals surface area contributed by atoms with Gasteiger partial charge in [0.25, 0.3) is 0 Å². The van der Waals surface area contributed by atoms with E-state index in [9.17, 15) is 14.7 Å². The number of pyridine rings is 1. The maximum Gasteiger partial charge on any atom is 0.341 e. The molecule has 2 aromatic rings. The van der Waals surface area contributed by atoms with Crippen LogP contribution in [-0.4, -0.2) is 15.6 Å². The molecule has 1 fully saturated rings. The van der Waals surface area contributed by atoms with Crippen molar-refractivity contribution in [3.8, 4) is 0 Å². The van der Waals surface area contributed by atoms with Crippen LogP contribution in [0.15, 0.2) is 52.0 Å². The predicted molar refractivity (Wildman–Crippen MR) is 120 cm³/mol. The second-order valence-corrected chi connectivity index (χ2v) is 9.22. The summed E-state index contributed by atoms with van der Waals surface area (Å²) in [7, 11) is 0. The summed E-state index contributed by atoms with van der Waals surface area (Å²) in [5, 5.41) is 9.55. The second-order valence-electron chi connectivity index (χ2n) is 9.22. The van der Waals surface area contributed by atoms with Gasteiger partial charge in [-0.05, 0) is 60.8 Å². The lowest BCUT2D eigenvalue weighted by molar-refractivity contribution is 0.0693. The van der Waals surface area contributed by atoms with E-state index in [1.807, 2.05) is 23.6 Å². The van der Waals surface area contributed by atoms with Crippen LogP contribution in [0, 0.1) is 11.3 Å². The first-order valence-corrected chi connectivity index (χ1v) is 10.5. The topological polar surface area (TPSA) is 72.4 Å². The van der Waals surface area contributed by atoms with Crippen LogP contribution in [0.25, 0.3) is 11.1 Å². The van der Waals surface area contributed by atoms with Crippen molar-refractivity contribution in [2.45, 2.75) is 59.9 Å². The molecular formula is C25H31NO4. The van der Waals surface area contributed by atoms with Crippen LogP contribution >= 0.6 is 0 Å². The summed E-state index contributed by atoms with van der Waals surface area (Å²) in [5.74, 6) is -0.0723. The molecule has 1 atom stereocenters. The van der Waals surface area contributed by atoms with E-state index in [2.05, 4.69) is 34.3 Å². The molecule has 5 nitrogen and oxygen atoms in total. The molecule has 30 heavy (non-hydrogen) atoms. The third kappa shape index (κ3) is 4.20. The van der Waals surface area contributed by atoms with Gasteiger partial charge in [-0.3, -0.25) is 4.79 Å². The van der Waals surface area contributed by atoms with Gasteiger partial charge < -0.3 is 14.1 Å². The highest BCUT2D eigenvalue weighted by Gasteiger charge is 2.32. The summed E-state index contributed by atoms with van der Waals surface area (Å²) >= 11 is 0. The molecule has 1 N–H and O–H groups in total. The first kappa shape index (κ1) is 21.9. The molecule has 1 saturated carbocycles. The molecule has 0 aliphatic heterocycles. The Labute approximate surface area is 177 Å². The lowest BCUT2D eigenvalue weighted by atomic mass is 9.84. The molecule has 1 aliphatic rings. The van der Waals surface area contributed by atoms with Gasteiger partial charge in [-0.2, -0.15) is 0 Å². The molecule has 0 aromatic carbocycles. The Morgan fingerprint density at radius 3 is 2.50 bits per heavy atom. The maximum atomic E-state index is 12.7. The van der Waals surface area contributed by atoms with Crippen molar-refractivity contribution in [2.24, 2.45) is 11.3 Å². The summed E-state index contributed by atoms with van der Waals surface area (Å²) in [5.41, 5.74) is 2.66. The number of hydrogen-bond donors (Lipinski definition) is 1. The zero-order valence-electron chi connectivity index (χ0n) is 18.5. The highest BCUT2D eigenvalue weighted by molar-refractivity contribution is 5.96. The van der Waals surface area contributed by atoms with E-state index >= 15 is 0 Å². The number of carboxylic acids is 1. The minimum atomic E-state index is -1.21. The van der Waals surface area contributed by atoms with Gasteiger partial charge in [-0.25, -0.2) is 4.79 Å². The molecule has 0 bridgehead atoms. The molecule has 160 valence electrons. The fourth-order valence-electron chi connectivity index (χ4n) is 4.26. The molecule has 2 heterocycles. The summed E-state index contributed by atoms with van der Waals surface area (Å²) in [6, 6.07) is 5.21. The van der Waals surface area contributed by atoms with Gasteiger partial charge in [0.2, 0.25) is 0 Å². The Morgan fingerprint density at radius 1 is 1.37 bits per heavy atom. The third-order valence-corrected chi connectivity index (χ3v) is 5.95. The van der Waals surface area contributed by atoms with Gasteiger partial charge >= 0.3 is 5.97 Å². The number of nitrogens with zero attached hydrogens (tertiary/aromatic N) is 1. The quantitative estimate of drug-likeness (QED) is 0.566. The number of aromatic carboxylic acids is 1. The zero-order chi connectivity index (χ0) is 22.2. The van der Waals surface area contributed by atoms with Crippen molar-refractivity contribution in [2.75, 3.05) is 0 Å². The Bertz CT molecular complexity index is 1040. The first-order valence-electron chi connectivity index (χ1n) is 10.5. The molecule has 1 aliphatic carbocycles. The van der Waals surface area contributed by atoms with E-state index in [4.69, 9.17) is 4.42 Å². The van der Waals surface area contributed by atoms with Gasteiger partial charge in [0.1, 0.15) is 11.3 Å².